The van der Waals surface area contributed by atoms with Crippen LogP contribution >= 0.6 is 0 Å². The summed E-state index contributed by atoms with van der Waals surface area (Å²) in [5.41, 5.74) is 13.2. The highest BCUT2D eigenvalue weighted by Crippen LogP contribution is 2.23. The average Bonchev–Trinajstić information content (AvgIpc) is 3.06. The third-order valence-electron chi connectivity index (χ3n) is 6.77. The molecule has 0 N–H and O–H groups in total. The fourth-order valence-electron chi connectivity index (χ4n) is 3.94. The lowest BCUT2D eigenvalue weighted by molar-refractivity contribution is 0.835. The van der Waals surface area contributed by atoms with Gasteiger partial charge in [-0.2, -0.15) is 0 Å². The first-order valence-corrected chi connectivity index (χ1v) is 16.5. The summed E-state index contributed by atoms with van der Waals surface area (Å²) in [5, 5.41) is 0. The Morgan fingerprint density at radius 1 is 0.417 bits per heavy atom. The maximum atomic E-state index is 3.56. The van der Waals surface area contributed by atoms with Crippen LogP contribution in [0.4, 0.5) is 0 Å². The van der Waals surface area contributed by atoms with E-state index in [1.165, 1.54) is 55.6 Å². The van der Waals surface area contributed by atoms with Crippen LogP contribution in [0, 0.1) is 47.5 Å². The second kappa shape index (κ2) is 30.2. The second-order valence-corrected chi connectivity index (χ2v) is 11.0. The standard InChI is InChI=1S/2C14H14.C8H10.C5H10.2C2H6.3CH4/c1-11-6-5-8-13(10-11)14-9-4-3-7-12(14)2;1-11-6-8-13(9-7-11)14-5-3-4-12(2)10-14;1-7-5-3-4-6-8(7)2;1-4-5(2)3;2*1-2;;;/h2*3-10H,1-2H3;3-6H,1-2H3;4-5H,1H2,2-3H3;2*1-2H3;3*1H4. The Kier molecular flexibility index (Phi) is 31.9. The van der Waals surface area contributed by atoms with E-state index in [1.807, 2.05) is 33.8 Å². The van der Waals surface area contributed by atoms with Crippen LogP contribution in [0.1, 0.15) is 97.2 Å². The molecular formula is C48H72. The Morgan fingerprint density at radius 3 is 1.17 bits per heavy atom. The van der Waals surface area contributed by atoms with Crippen LogP contribution in [0.2, 0.25) is 0 Å². The van der Waals surface area contributed by atoms with E-state index in [1.54, 1.807) is 0 Å². The molecule has 5 aromatic carbocycles. The molecule has 0 atom stereocenters. The molecule has 0 aliphatic heterocycles. The van der Waals surface area contributed by atoms with Gasteiger partial charge in [0.15, 0.2) is 0 Å². The van der Waals surface area contributed by atoms with Gasteiger partial charge in [0.05, 0.1) is 0 Å². The van der Waals surface area contributed by atoms with E-state index in [0.29, 0.717) is 5.92 Å². The van der Waals surface area contributed by atoms with Crippen molar-refractivity contribution in [2.75, 3.05) is 0 Å². The molecule has 0 heterocycles. The Bertz CT molecular complexity index is 1450. The third kappa shape index (κ3) is 20.9. The molecule has 0 aromatic heterocycles. The SMILES string of the molecule is C.C.C.C=CC(C)C.CC.CC.Cc1ccc(-c2cccc(C)c2)cc1.Cc1cccc(-c2ccccc2C)c1.Cc1ccccc1C. The highest BCUT2D eigenvalue weighted by atomic mass is 14.0. The van der Waals surface area contributed by atoms with Gasteiger partial charge in [-0.05, 0) is 86.4 Å². The Balaban J connectivity index is -0.000000268. The lowest BCUT2D eigenvalue weighted by Crippen LogP contribution is -1.82. The summed E-state index contributed by atoms with van der Waals surface area (Å²) in [6.45, 7) is 28.5. The molecule has 5 aromatic rings. The van der Waals surface area contributed by atoms with E-state index in [-0.39, 0.29) is 22.3 Å². The number of hydrogen-bond donors (Lipinski definition) is 0. The summed E-state index contributed by atoms with van der Waals surface area (Å²) in [6, 6.07) is 42.7. The maximum Gasteiger partial charge on any atom is -0.0155 e. The van der Waals surface area contributed by atoms with Crippen molar-refractivity contribution in [2.24, 2.45) is 5.92 Å². The normalized spacial score (nSPS) is 8.60. The molecular weight excluding hydrogens is 577 g/mol. The molecule has 0 fully saturated rings. The van der Waals surface area contributed by atoms with Crippen LogP contribution in [-0.4, -0.2) is 0 Å². The lowest BCUT2D eigenvalue weighted by Gasteiger charge is -2.05. The predicted molar refractivity (Wildman–Crippen MR) is 227 cm³/mol. The summed E-state index contributed by atoms with van der Waals surface area (Å²) >= 11 is 0. The van der Waals surface area contributed by atoms with Gasteiger partial charge in [-0.1, -0.05) is 208 Å². The fourth-order valence-corrected chi connectivity index (χ4v) is 3.94. The van der Waals surface area contributed by atoms with Crippen molar-refractivity contribution in [1.82, 2.24) is 0 Å². The van der Waals surface area contributed by atoms with Crippen LogP contribution in [-0.2, 0) is 0 Å². The molecule has 0 nitrogen and oxygen atoms in total. The van der Waals surface area contributed by atoms with Crippen LogP contribution in [0.5, 0.6) is 0 Å². The van der Waals surface area contributed by atoms with Crippen LogP contribution in [0.15, 0.2) is 134 Å². The predicted octanol–water partition coefficient (Wildman–Crippen LogP) is 16.0. The summed E-state index contributed by atoms with van der Waals surface area (Å²) in [5.74, 6) is 0.648. The van der Waals surface area contributed by atoms with Crippen molar-refractivity contribution >= 4 is 0 Å². The van der Waals surface area contributed by atoms with Gasteiger partial charge in [-0.3, -0.25) is 0 Å². The summed E-state index contributed by atoms with van der Waals surface area (Å²) < 4.78 is 0. The van der Waals surface area contributed by atoms with E-state index in [0.717, 1.165) is 0 Å². The van der Waals surface area contributed by atoms with Crippen molar-refractivity contribution < 1.29 is 0 Å². The molecule has 0 bridgehead atoms. The maximum absolute atomic E-state index is 3.56. The minimum absolute atomic E-state index is 0. The number of rotatable bonds is 3. The van der Waals surface area contributed by atoms with E-state index in [9.17, 15) is 0 Å². The van der Waals surface area contributed by atoms with Crippen molar-refractivity contribution in [1.29, 1.82) is 0 Å². The van der Waals surface area contributed by atoms with E-state index in [4.69, 9.17) is 0 Å². The summed E-state index contributed by atoms with van der Waals surface area (Å²) in [4.78, 5) is 0. The largest absolute Gasteiger partial charge is 0.103 e. The highest BCUT2D eigenvalue weighted by Gasteiger charge is 2.00. The number of aryl methyl sites for hydroxylation is 6. The van der Waals surface area contributed by atoms with Crippen molar-refractivity contribution in [3.63, 3.8) is 0 Å². The van der Waals surface area contributed by atoms with Crippen LogP contribution in [0.25, 0.3) is 22.3 Å². The zero-order chi connectivity index (χ0) is 34.2. The molecule has 0 saturated heterocycles. The molecule has 0 unspecified atom stereocenters. The zero-order valence-electron chi connectivity index (χ0n) is 30.4. The smallest absolute Gasteiger partial charge is 0.0155 e. The first kappa shape index (κ1) is 50.7. The monoisotopic (exact) mass is 649 g/mol. The van der Waals surface area contributed by atoms with Gasteiger partial charge in [-0.15, -0.1) is 6.58 Å². The van der Waals surface area contributed by atoms with E-state index < -0.39 is 0 Å². The Hall–Kier alpha value is -4.16. The lowest BCUT2D eigenvalue weighted by atomic mass is 9.99. The van der Waals surface area contributed by atoms with Gasteiger partial charge >= 0.3 is 0 Å². The van der Waals surface area contributed by atoms with Gasteiger partial charge in [0.2, 0.25) is 0 Å². The Morgan fingerprint density at radius 2 is 0.792 bits per heavy atom. The quantitative estimate of drug-likeness (QED) is 0.171. The third-order valence-corrected chi connectivity index (χ3v) is 6.77. The summed E-state index contributed by atoms with van der Waals surface area (Å²) in [6.07, 6.45) is 1.92. The Labute approximate surface area is 300 Å². The molecule has 0 saturated carbocycles. The molecule has 0 heteroatoms. The van der Waals surface area contributed by atoms with Gasteiger partial charge in [0, 0.05) is 0 Å². The molecule has 0 aliphatic rings. The minimum atomic E-state index is 0. The average molecular weight is 649 g/mol. The zero-order valence-corrected chi connectivity index (χ0v) is 30.4. The van der Waals surface area contributed by atoms with Crippen molar-refractivity contribution in [3.05, 3.63) is 167 Å². The molecule has 0 spiro atoms. The van der Waals surface area contributed by atoms with Crippen LogP contribution < -0.4 is 0 Å². The molecule has 0 radical (unpaired) electrons. The summed E-state index contributed by atoms with van der Waals surface area (Å²) in [7, 11) is 0. The van der Waals surface area contributed by atoms with E-state index >= 15 is 0 Å². The minimum Gasteiger partial charge on any atom is -0.103 e. The fraction of sp³-hybridized carbons (Fsp3) is 0.333. The topological polar surface area (TPSA) is 0 Å². The van der Waals surface area contributed by atoms with E-state index in [2.05, 4.69) is 183 Å². The first-order chi connectivity index (χ1) is 21.6. The number of hydrogen-bond acceptors (Lipinski definition) is 0. The number of benzene rings is 5. The molecule has 264 valence electrons. The van der Waals surface area contributed by atoms with Crippen molar-refractivity contribution in [3.8, 4) is 22.3 Å². The van der Waals surface area contributed by atoms with Crippen LogP contribution in [0.3, 0.4) is 0 Å². The molecule has 0 amide bonds. The van der Waals surface area contributed by atoms with Gasteiger partial charge in [-0.25, -0.2) is 0 Å². The number of allylic oxidation sites excluding steroid dienone is 1. The van der Waals surface area contributed by atoms with Gasteiger partial charge in [0.1, 0.15) is 0 Å². The first-order valence-electron chi connectivity index (χ1n) is 16.5. The van der Waals surface area contributed by atoms with Gasteiger partial charge in [0.25, 0.3) is 0 Å². The highest BCUT2D eigenvalue weighted by molar-refractivity contribution is 5.67. The molecule has 5 rings (SSSR count). The van der Waals surface area contributed by atoms with Crippen molar-refractivity contribution in [2.45, 2.75) is 105 Å². The van der Waals surface area contributed by atoms with Gasteiger partial charge < -0.3 is 0 Å². The molecule has 48 heavy (non-hydrogen) atoms. The molecule has 0 aliphatic carbocycles. The second-order valence-electron chi connectivity index (χ2n) is 11.0.